The molecule has 2 N–H and O–H groups in total. The molecule has 19 heavy (non-hydrogen) atoms. The van der Waals surface area contributed by atoms with Crippen LogP contribution in [0.2, 0.25) is 0 Å². The minimum atomic E-state index is -0.416. The highest BCUT2D eigenvalue weighted by molar-refractivity contribution is 8.01. The lowest BCUT2D eigenvalue weighted by Crippen LogP contribution is -2.06. The van der Waals surface area contributed by atoms with Gasteiger partial charge < -0.3 is 15.8 Å². The van der Waals surface area contributed by atoms with Gasteiger partial charge in [0.1, 0.15) is 12.7 Å². The summed E-state index contributed by atoms with van der Waals surface area (Å²) in [6.45, 7) is 4.19. The number of nitro groups is 1. The molecule has 2 heterocycles. The minimum Gasteiger partial charge on any atom is -0.375 e. The molecule has 7 nitrogen and oxygen atoms in total. The van der Waals surface area contributed by atoms with Crippen molar-refractivity contribution in [2.24, 2.45) is 0 Å². The Hall–Kier alpha value is -1.61. The zero-order valence-electron chi connectivity index (χ0n) is 10.5. The highest BCUT2D eigenvalue weighted by Crippen LogP contribution is 2.30. The number of hydrogen-bond acceptors (Lipinski definition) is 7. The Morgan fingerprint density at radius 3 is 2.89 bits per heavy atom. The number of hydrogen-bond donors (Lipinski definition) is 1. The summed E-state index contributed by atoms with van der Waals surface area (Å²) < 4.78 is 2.66. The molecule has 0 atom stereocenters. The van der Waals surface area contributed by atoms with Crippen molar-refractivity contribution >= 4 is 34.0 Å². The molecule has 0 bridgehead atoms. The van der Waals surface area contributed by atoms with Gasteiger partial charge in [-0.25, -0.2) is 14.5 Å². The number of nitrogens with zero attached hydrogens (tertiary/aromatic N) is 4. The molecule has 2 aromatic heterocycles. The minimum absolute atomic E-state index is 0.0265. The van der Waals surface area contributed by atoms with Gasteiger partial charge in [0.15, 0.2) is 11.0 Å². The van der Waals surface area contributed by atoms with Gasteiger partial charge in [0, 0.05) is 12.7 Å². The van der Waals surface area contributed by atoms with E-state index in [1.165, 1.54) is 17.5 Å². The van der Waals surface area contributed by atoms with Gasteiger partial charge in [-0.15, -0.1) is 11.8 Å². The first-order valence-corrected chi connectivity index (χ1v) is 7.31. The van der Waals surface area contributed by atoms with Crippen LogP contribution in [0.25, 0.3) is 0 Å². The Labute approximate surface area is 118 Å². The zero-order chi connectivity index (χ0) is 14.0. The Morgan fingerprint density at radius 2 is 2.32 bits per heavy atom. The van der Waals surface area contributed by atoms with Crippen LogP contribution in [0.3, 0.4) is 0 Å². The summed E-state index contributed by atoms with van der Waals surface area (Å²) in [5.74, 6) is 1.38. The van der Waals surface area contributed by atoms with E-state index in [0.717, 1.165) is 9.90 Å². The van der Waals surface area contributed by atoms with Crippen LogP contribution in [0.5, 0.6) is 0 Å². The predicted octanol–water partition coefficient (Wildman–Crippen LogP) is 2.24. The van der Waals surface area contributed by atoms with Crippen LogP contribution in [0.15, 0.2) is 10.4 Å². The number of rotatable bonds is 5. The number of nitrogens with two attached hydrogens (primary N) is 1. The third kappa shape index (κ3) is 3.04. The smallest absolute Gasteiger partial charge is 0.342 e. The number of imidazole rings is 1. The lowest BCUT2D eigenvalue weighted by atomic mass is 10.6. The monoisotopic (exact) mass is 299 g/mol. The van der Waals surface area contributed by atoms with Crippen molar-refractivity contribution < 1.29 is 4.92 Å². The van der Waals surface area contributed by atoms with Crippen molar-refractivity contribution in [2.75, 3.05) is 11.5 Å². The Morgan fingerprint density at radius 1 is 1.58 bits per heavy atom. The Kier molecular flexibility index (Phi) is 4.05. The van der Waals surface area contributed by atoms with Crippen LogP contribution >= 0.6 is 23.1 Å². The summed E-state index contributed by atoms with van der Waals surface area (Å²) >= 11 is 3.04. The molecule has 2 aromatic rings. The largest absolute Gasteiger partial charge is 0.375 e. The standard InChI is InChI=1S/C10H13N5O2S2/c1-6-9(19-10(11)13-6)18-4-3-14-7(2)12-5-8(14)15(16)17/h5H,3-4H2,1-2H3,(H2,11,13). The molecule has 0 aliphatic rings. The maximum absolute atomic E-state index is 10.8. The third-order valence-corrected chi connectivity index (χ3v) is 4.87. The van der Waals surface area contributed by atoms with E-state index in [1.807, 2.05) is 6.92 Å². The molecule has 9 heteroatoms. The second-order valence-electron chi connectivity index (χ2n) is 3.85. The molecule has 0 aliphatic carbocycles. The van der Waals surface area contributed by atoms with E-state index in [-0.39, 0.29) is 5.82 Å². The lowest BCUT2D eigenvalue weighted by Gasteiger charge is -2.02. The molecule has 0 aromatic carbocycles. The average Bonchev–Trinajstić information content (AvgIpc) is 2.84. The molecule has 0 unspecified atom stereocenters. The fraction of sp³-hybridized carbons (Fsp3) is 0.400. The molecule has 0 aliphatic heterocycles. The normalized spacial score (nSPS) is 10.8. The number of aryl methyl sites for hydroxylation is 2. The van der Waals surface area contributed by atoms with Gasteiger partial charge in [-0.1, -0.05) is 11.3 Å². The summed E-state index contributed by atoms with van der Waals surface area (Å²) in [4.78, 5) is 18.5. The van der Waals surface area contributed by atoms with E-state index in [1.54, 1.807) is 23.3 Å². The summed E-state index contributed by atoms with van der Waals surface area (Å²) in [6.07, 6.45) is 1.29. The first-order chi connectivity index (χ1) is 8.99. The highest BCUT2D eigenvalue weighted by atomic mass is 32.2. The van der Waals surface area contributed by atoms with Crippen LogP contribution in [-0.2, 0) is 6.54 Å². The number of thioether (sulfide) groups is 1. The van der Waals surface area contributed by atoms with Gasteiger partial charge in [0.2, 0.25) is 0 Å². The summed E-state index contributed by atoms with van der Waals surface area (Å²) in [5.41, 5.74) is 6.53. The van der Waals surface area contributed by atoms with Crippen LogP contribution in [0.1, 0.15) is 11.5 Å². The third-order valence-electron chi connectivity index (χ3n) is 2.54. The van der Waals surface area contributed by atoms with Gasteiger partial charge in [-0.05, 0) is 11.8 Å². The summed E-state index contributed by atoms with van der Waals surface area (Å²) in [6, 6.07) is 0. The van der Waals surface area contributed by atoms with Crippen molar-refractivity contribution in [3.8, 4) is 0 Å². The van der Waals surface area contributed by atoms with Gasteiger partial charge in [0.25, 0.3) is 0 Å². The maximum Gasteiger partial charge on any atom is 0.342 e. The van der Waals surface area contributed by atoms with Gasteiger partial charge in [-0.2, -0.15) is 0 Å². The first kappa shape index (κ1) is 13.8. The maximum atomic E-state index is 10.8. The van der Waals surface area contributed by atoms with E-state index >= 15 is 0 Å². The van der Waals surface area contributed by atoms with Gasteiger partial charge in [-0.3, -0.25) is 0 Å². The number of aromatic nitrogens is 3. The topological polar surface area (TPSA) is 99.9 Å². The average molecular weight is 299 g/mol. The van der Waals surface area contributed by atoms with E-state index < -0.39 is 4.92 Å². The van der Waals surface area contributed by atoms with E-state index in [2.05, 4.69) is 9.97 Å². The highest BCUT2D eigenvalue weighted by Gasteiger charge is 2.17. The fourth-order valence-electron chi connectivity index (χ4n) is 1.64. The Balaban J connectivity index is 2.02. The lowest BCUT2D eigenvalue weighted by molar-refractivity contribution is -0.392. The molecule has 2 rings (SSSR count). The van der Waals surface area contributed by atoms with Gasteiger partial charge >= 0.3 is 5.82 Å². The quantitative estimate of drug-likeness (QED) is 0.516. The number of nitrogen functional groups attached to an aromatic ring is 1. The van der Waals surface area contributed by atoms with Crippen LogP contribution in [0, 0.1) is 24.0 Å². The molecular weight excluding hydrogens is 286 g/mol. The fourth-order valence-corrected chi connectivity index (χ4v) is 3.67. The molecule has 0 saturated carbocycles. The molecule has 0 fully saturated rings. The van der Waals surface area contributed by atoms with Crippen LogP contribution < -0.4 is 5.73 Å². The van der Waals surface area contributed by atoms with E-state index in [9.17, 15) is 10.1 Å². The predicted molar refractivity (Wildman–Crippen MR) is 75.6 cm³/mol. The summed E-state index contributed by atoms with van der Waals surface area (Å²) in [5, 5.41) is 11.4. The zero-order valence-corrected chi connectivity index (χ0v) is 12.1. The van der Waals surface area contributed by atoms with Crippen LogP contribution in [-0.4, -0.2) is 25.2 Å². The van der Waals surface area contributed by atoms with Crippen molar-refractivity contribution in [3.05, 3.63) is 27.8 Å². The number of thiazole rings is 1. The van der Waals surface area contributed by atoms with E-state index in [0.29, 0.717) is 23.3 Å². The molecule has 0 saturated heterocycles. The number of anilines is 1. The van der Waals surface area contributed by atoms with Crippen molar-refractivity contribution in [1.82, 2.24) is 14.5 Å². The molecule has 0 radical (unpaired) electrons. The first-order valence-electron chi connectivity index (χ1n) is 5.51. The molecular formula is C10H13N5O2S2. The Bertz CT molecular complexity index is 607. The SMILES string of the molecule is Cc1nc(N)sc1SCCn1c([N+](=O)[O-])cnc1C. The van der Waals surface area contributed by atoms with Crippen molar-refractivity contribution in [3.63, 3.8) is 0 Å². The van der Waals surface area contributed by atoms with Crippen molar-refractivity contribution in [2.45, 2.75) is 24.6 Å². The molecule has 0 spiro atoms. The van der Waals surface area contributed by atoms with Crippen molar-refractivity contribution in [1.29, 1.82) is 0 Å². The van der Waals surface area contributed by atoms with Crippen LogP contribution in [0.4, 0.5) is 10.9 Å². The summed E-state index contributed by atoms with van der Waals surface area (Å²) in [7, 11) is 0. The van der Waals surface area contributed by atoms with E-state index in [4.69, 9.17) is 5.73 Å². The van der Waals surface area contributed by atoms with Gasteiger partial charge in [0.05, 0.1) is 9.90 Å². The molecule has 0 amide bonds. The second-order valence-corrected chi connectivity index (χ2v) is 6.24. The molecule has 102 valence electrons. The second kappa shape index (κ2) is 5.57.